The molecule has 0 rings (SSSR count). The minimum Gasteiger partial charge on any atom is -0.499 e. The quantitative estimate of drug-likeness (QED) is 0.310. The first kappa shape index (κ1) is 18.4. The molecule has 0 fully saturated rings. The Hall–Kier alpha value is -1.65. The normalized spacial score (nSPS) is 12.9. The van der Waals surface area contributed by atoms with E-state index in [0.717, 1.165) is 25.7 Å². The Morgan fingerprint density at radius 1 is 0.950 bits per heavy atom. The maximum Gasteiger partial charge on any atom is 0.508 e. The summed E-state index contributed by atoms with van der Waals surface area (Å²) in [4.78, 5) is 11.2. The van der Waals surface area contributed by atoms with Gasteiger partial charge in [0.05, 0.1) is 37.9 Å². The molecule has 0 aromatic rings. The van der Waals surface area contributed by atoms with Crippen molar-refractivity contribution in [3.8, 4) is 0 Å². The molecule has 0 spiro atoms. The first-order chi connectivity index (χ1) is 9.60. The van der Waals surface area contributed by atoms with Crippen molar-refractivity contribution in [1.29, 1.82) is 0 Å². The molecule has 0 heterocycles. The number of hydrogen-bond donors (Lipinski definition) is 0. The van der Waals surface area contributed by atoms with Crippen LogP contribution in [0.25, 0.3) is 0 Å². The predicted molar refractivity (Wildman–Crippen MR) is 77.3 cm³/mol. The lowest BCUT2D eigenvalue weighted by Gasteiger charge is -2.12. The Bertz CT molecular complexity index is 251. The van der Waals surface area contributed by atoms with Gasteiger partial charge in [0.1, 0.15) is 0 Å². The zero-order valence-corrected chi connectivity index (χ0v) is 12.5. The van der Waals surface area contributed by atoms with Gasteiger partial charge in [0.15, 0.2) is 0 Å². The number of hydrogen-bond acceptors (Lipinski definition) is 5. The van der Waals surface area contributed by atoms with Crippen LogP contribution in [0.1, 0.15) is 39.5 Å². The maximum atomic E-state index is 11.2. The molecule has 0 aromatic heterocycles. The van der Waals surface area contributed by atoms with Crippen LogP contribution in [0.4, 0.5) is 4.79 Å². The third-order valence-electron chi connectivity index (χ3n) is 2.61. The minimum absolute atomic E-state index is 0.0819. The summed E-state index contributed by atoms with van der Waals surface area (Å²) < 4.78 is 20.2. The van der Waals surface area contributed by atoms with Crippen LogP contribution in [0.15, 0.2) is 25.7 Å². The van der Waals surface area contributed by atoms with E-state index in [1.54, 1.807) is 0 Å². The van der Waals surface area contributed by atoms with Gasteiger partial charge in [-0.25, -0.2) is 4.79 Å². The van der Waals surface area contributed by atoms with Gasteiger partial charge in [-0.15, -0.1) is 0 Å². The summed E-state index contributed by atoms with van der Waals surface area (Å²) in [5.41, 5.74) is 0. The van der Waals surface area contributed by atoms with Crippen molar-refractivity contribution >= 4 is 6.16 Å². The molecule has 5 heteroatoms. The van der Waals surface area contributed by atoms with Crippen molar-refractivity contribution in [3.05, 3.63) is 25.7 Å². The molecule has 20 heavy (non-hydrogen) atoms. The molecule has 0 saturated heterocycles. The van der Waals surface area contributed by atoms with Crippen LogP contribution < -0.4 is 0 Å². The molecule has 2 atom stereocenters. The molecule has 116 valence electrons. The summed E-state index contributed by atoms with van der Waals surface area (Å²) in [6, 6.07) is 0. The lowest BCUT2D eigenvalue weighted by Crippen LogP contribution is -2.12. The average Bonchev–Trinajstić information content (AvgIpc) is 2.40. The van der Waals surface area contributed by atoms with Crippen LogP contribution in [0.5, 0.6) is 0 Å². The molecule has 0 saturated carbocycles. The summed E-state index contributed by atoms with van der Waals surface area (Å²) in [5, 5.41) is 0. The predicted octanol–water partition coefficient (Wildman–Crippen LogP) is 3.80. The third-order valence-corrected chi connectivity index (χ3v) is 2.61. The molecule has 0 N–H and O–H groups in total. The molecule has 0 aliphatic heterocycles. The number of ether oxygens (including phenoxy) is 4. The van der Waals surface area contributed by atoms with Gasteiger partial charge in [0.25, 0.3) is 0 Å². The van der Waals surface area contributed by atoms with E-state index in [2.05, 4.69) is 13.2 Å². The van der Waals surface area contributed by atoms with Gasteiger partial charge in [-0.05, 0) is 39.5 Å². The highest BCUT2D eigenvalue weighted by Gasteiger charge is 2.06. The molecule has 5 nitrogen and oxygen atoms in total. The Morgan fingerprint density at radius 3 is 1.70 bits per heavy atom. The molecular formula is C15H26O5. The summed E-state index contributed by atoms with van der Waals surface area (Å²) in [5.74, 6) is 0. The van der Waals surface area contributed by atoms with E-state index < -0.39 is 6.16 Å². The van der Waals surface area contributed by atoms with Crippen molar-refractivity contribution in [1.82, 2.24) is 0 Å². The van der Waals surface area contributed by atoms with Crippen molar-refractivity contribution in [2.24, 2.45) is 0 Å². The van der Waals surface area contributed by atoms with Gasteiger partial charge in [0.2, 0.25) is 0 Å². The molecule has 0 aromatic carbocycles. The second kappa shape index (κ2) is 12.4. The number of carbonyl (C=O) groups is 1. The monoisotopic (exact) mass is 286 g/mol. The van der Waals surface area contributed by atoms with E-state index in [9.17, 15) is 4.79 Å². The van der Waals surface area contributed by atoms with Gasteiger partial charge in [0, 0.05) is 0 Å². The van der Waals surface area contributed by atoms with Crippen LogP contribution in [0.3, 0.4) is 0 Å². The fourth-order valence-corrected chi connectivity index (χ4v) is 1.56. The zero-order chi connectivity index (χ0) is 15.2. The fourth-order valence-electron chi connectivity index (χ4n) is 1.56. The fraction of sp³-hybridized carbons (Fsp3) is 0.667. The molecule has 2 unspecified atom stereocenters. The van der Waals surface area contributed by atoms with Gasteiger partial charge in [-0.1, -0.05) is 13.2 Å². The van der Waals surface area contributed by atoms with Crippen molar-refractivity contribution in [2.75, 3.05) is 13.2 Å². The Morgan fingerprint density at radius 2 is 1.35 bits per heavy atom. The van der Waals surface area contributed by atoms with Crippen molar-refractivity contribution in [2.45, 2.75) is 51.7 Å². The molecule has 0 bridgehead atoms. The van der Waals surface area contributed by atoms with Gasteiger partial charge in [-0.2, -0.15) is 0 Å². The van der Waals surface area contributed by atoms with Gasteiger partial charge < -0.3 is 18.9 Å². The second-order valence-electron chi connectivity index (χ2n) is 4.46. The van der Waals surface area contributed by atoms with Crippen LogP contribution in [0, 0.1) is 0 Å². The van der Waals surface area contributed by atoms with E-state index >= 15 is 0 Å². The summed E-state index contributed by atoms with van der Waals surface area (Å²) >= 11 is 0. The number of carbonyl (C=O) groups excluding carboxylic acids is 1. The van der Waals surface area contributed by atoms with Crippen molar-refractivity contribution < 1.29 is 23.7 Å². The molecular weight excluding hydrogens is 260 g/mol. The molecule has 0 amide bonds. The van der Waals surface area contributed by atoms with E-state index in [1.165, 1.54) is 12.5 Å². The highest BCUT2D eigenvalue weighted by atomic mass is 16.7. The Kier molecular flexibility index (Phi) is 11.4. The maximum absolute atomic E-state index is 11.2. The Balaban J connectivity index is 3.41. The Labute approximate surface area is 121 Å². The highest BCUT2D eigenvalue weighted by molar-refractivity contribution is 5.59. The van der Waals surface area contributed by atoms with E-state index in [4.69, 9.17) is 18.9 Å². The second-order valence-corrected chi connectivity index (χ2v) is 4.46. The standard InChI is InChI=1S/C15H26O5/c1-5-17-13(3)9-7-11-19-15(16)20-12-8-10-14(4)18-6-2/h5-6,13-14H,1-2,7-12H2,3-4H3. The zero-order valence-electron chi connectivity index (χ0n) is 12.5. The van der Waals surface area contributed by atoms with Crippen molar-refractivity contribution in [3.63, 3.8) is 0 Å². The van der Waals surface area contributed by atoms with Crippen LogP contribution in [-0.2, 0) is 18.9 Å². The highest BCUT2D eigenvalue weighted by Crippen LogP contribution is 2.04. The summed E-state index contributed by atoms with van der Waals surface area (Å²) in [6.45, 7) is 11.5. The van der Waals surface area contributed by atoms with Crippen LogP contribution in [-0.4, -0.2) is 31.6 Å². The molecule has 0 aliphatic carbocycles. The van der Waals surface area contributed by atoms with Gasteiger partial charge >= 0.3 is 6.16 Å². The largest absolute Gasteiger partial charge is 0.508 e. The lowest BCUT2D eigenvalue weighted by atomic mass is 10.2. The topological polar surface area (TPSA) is 54.0 Å². The smallest absolute Gasteiger partial charge is 0.499 e. The van der Waals surface area contributed by atoms with E-state index in [1.807, 2.05) is 13.8 Å². The SMILES string of the molecule is C=COC(C)CCCOC(=O)OCCCC(C)OC=C. The average molecular weight is 286 g/mol. The lowest BCUT2D eigenvalue weighted by molar-refractivity contribution is 0.0463. The van der Waals surface area contributed by atoms with E-state index in [0.29, 0.717) is 13.2 Å². The molecule has 0 radical (unpaired) electrons. The first-order valence-corrected chi connectivity index (χ1v) is 6.92. The molecule has 0 aliphatic rings. The van der Waals surface area contributed by atoms with E-state index in [-0.39, 0.29) is 12.2 Å². The van der Waals surface area contributed by atoms with Crippen LogP contribution in [0.2, 0.25) is 0 Å². The van der Waals surface area contributed by atoms with Crippen LogP contribution >= 0.6 is 0 Å². The van der Waals surface area contributed by atoms with Gasteiger partial charge in [-0.3, -0.25) is 0 Å². The summed E-state index contributed by atoms with van der Waals surface area (Å²) in [7, 11) is 0. The third kappa shape index (κ3) is 11.4. The summed E-state index contributed by atoms with van der Waals surface area (Å²) in [6.07, 6.45) is 5.43. The number of rotatable bonds is 12. The minimum atomic E-state index is -0.625. The first-order valence-electron chi connectivity index (χ1n) is 6.92.